The summed E-state index contributed by atoms with van der Waals surface area (Å²) in [6, 6.07) is 14.8. The molecule has 0 fully saturated rings. The number of halogens is 1. The minimum Gasteiger partial charge on any atom is -0.381 e. The first kappa shape index (κ1) is 20.0. The summed E-state index contributed by atoms with van der Waals surface area (Å²) in [4.78, 5) is 9.19. The summed E-state index contributed by atoms with van der Waals surface area (Å²) in [6.45, 7) is 0. The number of hydrogen-bond acceptors (Lipinski definition) is 7. The van der Waals surface area contributed by atoms with Crippen molar-refractivity contribution in [3.63, 3.8) is 0 Å². The molecule has 0 spiro atoms. The highest BCUT2D eigenvalue weighted by atomic mass is 35.5. The third kappa shape index (κ3) is 4.18. The summed E-state index contributed by atoms with van der Waals surface area (Å²) in [5.74, 6) is 1.27. The molecule has 0 saturated heterocycles. The summed E-state index contributed by atoms with van der Waals surface area (Å²) in [5.41, 5.74) is 9.26. The maximum Gasteiger partial charge on any atom is 0.188 e. The van der Waals surface area contributed by atoms with Gasteiger partial charge in [-0.05, 0) is 35.9 Å². The van der Waals surface area contributed by atoms with Crippen LogP contribution in [0.2, 0.25) is 5.02 Å². The molecule has 30 heavy (non-hydrogen) atoms. The third-order valence-electron chi connectivity index (χ3n) is 4.51. The van der Waals surface area contributed by atoms with Gasteiger partial charge in [0.05, 0.1) is 11.0 Å². The van der Waals surface area contributed by atoms with Gasteiger partial charge < -0.3 is 21.7 Å². The minimum atomic E-state index is -0.353. The average molecular weight is 439 g/mol. The number of aromatic amines is 1. The van der Waals surface area contributed by atoms with E-state index in [1.165, 1.54) is 6.33 Å². The number of thiocarbonyl (C=S) groups is 1. The maximum absolute atomic E-state index is 6.14. The number of fused-ring (bicyclic) bond motifs is 1. The van der Waals surface area contributed by atoms with E-state index in [1.54, 1.807) is 7.05 Å². The second-order valence-corrected chi connectivity index (χ2v) is 7.37. The molecule has 0 radical (unpaired) electrons. The van der Waals surface area contributed by atoms with Crippen molar-refractivity contribution in [2.75, 3.05) is 17.7 Å². The normalized spacial score (nSPS) is 11.8. The van der Waals surface area contributed by atoms with Crippen LogP contribution in [0, 0.1) is 0 Å². The molecule has 10 heteroatoms. The molecule has 0 amide bonds. The lowest BCUT2D eigenvalue weighted by molar-refractivity contribution is 0.928. The molecule has 4 aromatic rings. The zero-order chi connectivity index (χ0) is 21.1. The Morgan fingerprint density at radius 1 is 1.10 bits per heavy atom. The van der Waals surface area contributed by atoms with Gasteiger partial charge in [-0.2, -0.15) is 5.10 Å². The molecule has 1 atom stereocenters. The highest BCUT2D eigenvalue weighted by molar-refractivity contribution is 7.80. The second-order valence-electron chi connectivity index (χ2n) is 6.49. The van der Waals surface area contributed by atoms with Gasteiger partial charge >= 0.3 is 0 Å². The first-order valence-corrected chi connectivity index (χ1v) is 9.89. The lowest BCUT2D eigenvalue weighted by atomic mass is 10.1. The molecular formula is C20H19ClN8S. The van der Waals surface area contributed by atoms with E-state index in [0.717, 1.165) is 22.3 Å². The predicted octanol–water partition coefficient (Wildman–Crippen LogP) is 4.04. The quantitative estimate of drug-likeness (QED) is 0.286. The zero-order valence-electron chi connectivity index (χ0n) is 16.0. The Morgan fingerprint density at radius 3 is 2.63 bits per heavy atom. The number of anilines is 4. The zero-order valence-corrected chi connectivity index (χ0v) is 17.6. The molecule has 152 valence electrons. The van der Waals surface area contributed by atoms with Crippen molar-refractivity contribution in [2.45, 2.75) is 6.04 Å². The molecule has 8 nitrogen and oxygen atoms in total. The van der Waals surface area contributed by atoms with Crippen LogP contribution in [0.5, 0.6) is 0 Å². The van der Waals surface area contributed by atoms with Crippen molar-refractivity contribution >= 4 is 62.9 Å². The molecule has 1 unspecified atom stereocenters. The lowest BCUT2D eigenvalue weighted by Crippen LogP contribution is -2.29. The van der Waals surface area contributed by atoms with E-state index < -0.39 is 0 Å². The summed E-state index contributed by atoms with van der Waals surface area (Å²) >= 11 is 11.3. The van der Waals surface area contributed by atoms with Crippen LogP contribution in [-0.2, 0) is 0 Å². The van der Waals surface area contributed by atoms with Crippen LogP contribution in [0.1, 0.15) is 11.6 Å². The van der Waals surface area contributed by atoms with Crippen molar-refractivity contribution in [1.82, 2.24) is 25.5 Å². The number of nitrogens with zero attached hydrogens (tertiary/aromatic N) is 3. The highest BCUT2D eigenvalue weighted by Gasteiger charge is 2.14. The van der Waals surface area contributed by atoms with E-state index in [0.29, 0.717) is 27.3 Å². The first-order chi connectivity index (χ1) is 14.5. The topological polar surface area (TPSA) is 117 Å². The van der Waals surface area contributed by atoms with Crippen molar-refractivity contribution in [1.29, 1.82) is 0 Å². The molecule has 0 saturated carbocycles. The Labute approximate surface area is 183 Å². The van der Waals surface area contributed by atoms with Crippen LogP contribution in [-0.4, -0.2) is 32.2 Å². The average Bonchev–Trinajstić information content (AvgIpc) is 3.17. The number of H-pyrrole nitrogens is 1. The summed E-state index contributed by atoms with van der Waals surface area (Å²) in [6.07, 6.45) is 1.46. The van der Waals surface area contributed by atoms with E-state index in [9.17, 15) is 0 Å². The minimum absolute atomic E-state index is 0.353. The summed E-state index contributed by atoms with van der Waals surface area (Å²) in [5, 5.41) is 18.1. The Kier molecular flexibility index (Phi) is 5.75. The van der Waals surface area contributed by atoms with Crippen molar-refractivity contribution in [3.05, 3.63) is 65.4 Å². The van der Waals surface area contributed by atoms with E-state index in [1.807, 2.05) is 48.5 Å². The lowest BCUT2D eigenvalue weighted by Gasteiger charge is -2.14. The van der Waals surface area contributed by atoms with E-state index >= 15 is 0 Å². The molecule has 0 aliphatic rings. The predicted molar refractivity (Wildman–Crippen MR) is 125 cm³/mol. The van der Waals surface area contributed by atoms with E-state index in [2.05, 4.69) is 36.1 Å². The number of nitrogens with one attached hydrogen (secondary N) is 4. The molecular weight excluding hydrogens is 420 g/mol. The molecule has 2 aromatic carbocycles. The van der Waals surface area contributed by atoms with Gasteiger partial charge in [0.2, 0.25) is 0 Å². The summed E-state index contributed by atoms with van der Waals surface area (Å²) in [7, 11) is 1.76. The summed E-state index contributed by atoms with van der Waals surface area (Å²) < 4.78 is 0. The molecule has 4 rings (SSSR count). The van der Waals surface area contributed by atoms with Crippen LogP contribution in [0.25, 0.3) is 11.0 Å². The molecule has 2 aromatic heterocycles. The third-order valence-corrected chi connectivity index (χ3v) is 5.20. The number of likely N-dealkylation sites (N-methyl/N-ethyl adjacent to an activating group) is 1. The molecule has 2 heterocycles. The fourth-order valence-corrected chi connectivity index (χ4v) is 3.30. The largest absolute Gasteiger partial charge is 0.381 e. The van der Waals surface area contributed by atoms with E-state index in [4.69, 9.17) is 29.6 Å². The maximum atomic E-state index is 6.14. The van der Waals surface area contributed by atoms with Gasteiger partial charge in [0.1, 0.15) is 23.3 Å². The van der Waals surface area contributed by atoms with Crippen LogP contribution < -0.4 is 21.7 Å². The van der Waals surface area contributed by atoms with Crippen LogP contribution in [0.15, 0.2) is 54.9 Å². The van der Waals surface area contributed by atoms with Gasteiger partial charge in [0, 0.05) is 23.4 Å². The van der Waals surface area contributed by atoms with Gasteiger partial charge in [-0.25, -0.2) is 9.97 Å². The standard InChI is InChI=1S/C20H19ClN8S/c1-23-20(30)16(22)11-5-7-13(8-6-11)26-19-15-17(24-10-25-18(15)28-29-19)27-14-4-2-3-12(21)9-14/h2-10,16H,22H2,1H3,(H,23,30)(H3,24,25,26,27,28,29). The number of nitrogens with two attached hydrogens (primary N) is 1. The van der Waals surface area contributed by atoms with Crippen molar-refractivity contribution in [2.24, 2.45) is 5.73 Å². The SMILES string of the molecule is CNC(=S)C(N)c1ccc(Nc2[nH]nc3ncnc(Nc4cccc(Cl)c4)c23)cc1. The van der Waals surface area contributed by atoms with Gasteiger partial charge in [-0.15, -0.1) is 0 Å². The van der Waals surface area contributed by atoms with Gasteiger partial charge in [-0.3, -0.25) is 5.10 Å². The molecule has 0 aliphatic carbocycles. The van der Waals surface area contributed by atoms with Crippen LogP contribution in [0.4, 0.5) is 23.0 Å². The molecule has 0 aliphatic heterocycles. The monoisotopic (exact) mass is 438 g/mol. The van der Waals surface area contributed by atoms with Crippen molar-refractivity contribution < 1.29 is 0 Å². The smallest absolute Gasteiger partial charge is 0.188 e. The number of aromatic nitrogens is 4. The van der Waals surface area contributed by atoms with Crippen molar-refractivity contribution in [3.8, 4) is 0 Å². The number of rotatable bonds is 6. The number of benzene rings is 2. The Balaban J connectivity index is 1.61. The Morgan fingerprint density at radius 2 is 1.90 bits per heavy atom. The Hall–Kier alpha value is -3.27. The second kappa shape index (κ2) is 8.62. The molecule has 6 N–H and O–H groups in total. The van der Waals surface area contributed by atoms with Crippen LogP contribution in [0.3, 0.4) is 0 Å². The van der Waals surface area contributed by atoms with Gasteiger partial charge in [0.15, 0.2) is 5.65 Å². The fourth-order valence-electron chi connectivity index (χ4n) is 2.97. The van der Waals surface area contributed by atoms with Gasteiger partial charge in [0.25, 0.3) is 0 Å². The van der Waals surface area contributed by atoms with E-state index in [-0.39, 0.29) is 6.04 Å². The Bertz CT molecular complexity index is 1190. The highest BCUT2D eigenvalue weighted by Crippen LogP contribution is 2.30. The fraction of sp³-hybridized carbons (Fsp3) is 0.100. The first-order valence-electron chi connectivity index (χ1n) is 9.11. The van der Waals surface area contributed by atoms with Crippen LogP contribution >= 0.6 is 23.8 Å². The number of hydrogen-bond donors (Lipinski definition) is 5. The van der Waals surface area contributed by atoms with Gasteiger partial charge in [-0.1, -0.05) is 42.0 Å². The molecule has 0 bridgehead atoms.